The number of carbonyl (C=O) groups is 1. The van der Waals surface area contributed by atoms with Gasteiger partial charge >= 0.3 is 0 Å². The van der Waals surface area contributed by atoms with Crippen molar-refractivity contribution in [2.24, 2.45) is 0 Å². The molecule has 2 N–H and O–H groups in total. The molecule has 0 saturated carbocycles. The number of benzene rings is 2. The number of allylic oxidation sites excluding steroid dienone is 1. The summed E-state index contributed by atoms with van der Waals surface area (Å²) < 4.78 is 3.24. The van der Waals surface area contributed by atoms with Gasteiger partial charge in [0.05, 0.1) is 18.8 Å². The van der Waals surface area contributed by atoms with E-state index in [0.29, 0.717) is 34.8 Å². The molecule has 208 valence electrons. The summed E-state index contributed by atoms with van der Waals surface area (Å²) in [4.78, 5) is 41.1. The van der Waals surface area contributed by atoms with Crippen molar-refractivity contribution in [3.63, 3.8) is 0 Å². The molecule has 1 aliphatic rings. The number of amides is 1. The minimum atomic E-state index is -0.241. The summed E-state index contributed by atoms with van der Waals surface area (Å²) in [5.74, 6) is 0.214. The van der Waals surface area contributed by atoms with Gasteiger partial charge in [0.15, 0.2) is 5.65 Å². The maximum Gasteiger partial charge on any atom is 0.278 e. The zero-order chi connectivity index (χ0) is 28.2. The van der Waals surface area contributed by atoms with Gasteiger partial charge in [-0.1, -0.05) is 12.1 Å². The summed E-state index contributed by atoms with van der Waals surface area (Å²) in [5.41, 5.74) is 3.28. The zero-order valence-electron chi connectivity index (χ0n) is 22.8. The molecule has 0 bridgehead atoms. The van der Waals surface area contributed by atoms with Crippen LogP contribution in [-0.2, 0) is 6.54 Å². The normalized spacial score (nSPS) is 13.9. The average molecular weight is 543 g/mol. The van der Waals surface area contributed by atoms with Crippen LogP contribution in [0, 0.1) is 0 Å². The number of hydrogen-bond acceptors (Lipinski definition) is 8. The summed E-state index contributed by atoms with van der Waals surface area (Å²) in [6, 6.07) is 15.2. The fourth-order valence-corrected chi connectivity index (χ4v) is 4.92. The number of aliphatic hydroxyl groups excluding tert-OH is 1. The molecule has 1 aliphatic heterocycles. The first kappa shape index (κ1) is 27.1. The summed E-state index contributed by atoms with van der Waals surface area (Å²) in [6.45, 7) is 8.63. The summed E-state index contributed by atoms with van der Waals surface area (Å²) in [6.07, 6.45) is 3.17. The fourth-order valence-electron chi connectivity index (χ4n) is 4.92. The van der Waals surface area contributed by atoms with Crippen LogP contribution >= 0.6 is 0 Å². The Morgan fingerprint density at radius 1 is 1.10 bits per heavy atom. The molecule has 3 heterocycles. The minimum absolute atomic E-state index is 0.136. The van der Waals surface area contributed by atoms with E-state index in [1.807, 2.05) is 18.2 Å². The zero-order valence-corrected chi connectivity index (χ0v) is 22.8. The van der Waals surface area contributed by atoms with Crippen LogP contribution in [0.1, 0.15) is 10.4 Å². The monoisotopic (exact) mass is 542 g/mol. The van der Waals surface area contributed by atoms with E-state index in [2.05, 4.69) is 38.8 Å². The van der Waals surface area contributed by atoms with Crippen LogP contribution in [0.25, 0.3) is 16.7 Å². The second kappa shape index (κ2) is 11.7. The van der Waals surface area contributed by atoms with Gasteiger partial charge in [-0.15, -0.1) is 6.58 Å². The van der Waals surface area contributed by atoms with E-state index in [-0.39, 0.29) is 24.6 Å². The van der Waals surface area contributed by atoms with E-state index in [9.17, 15) is 9.59 Å². The lowest BCUT2D eigenvalue weighted by Gasteiger charge is -2.35. The van der Waals surface area contributed by atoms with E-state index >= 15 is 0 Å². The molecule has 0 aliphatic carbocycles. The van der Waals surface area contributed by atoms with Crippen LogP contribution in [0.15, 0.2) is 72.2 Å². The third-order valence-electron chi connectivity index (χ3n) is 7.00. The Morgan fingerprint density at radius 2 is 1.85 bits per heavy atom. The number of rotatable bonds is 9. The number of nitrogens with one attached hydrogen (secondary N) is 1. The van der Waals surface area contributed by atoms with Gasteiger partial charge in [-0.05, 0) is 42.5 Å². The Kier molecular flexibility index (Phi) is 7.94. The van der Waals surface area contributed by atoms with Crippen LogP contribution in [0.2, 0.25) is 0 Å². The van der Waals surface area contributed by atoms with E-state index in [1.165, 1.54) is 15.8 Å². The van der Waals surface area contributed by atoms with Crippen molar-refractivity contribution in [2.75, 3.05) is 63.6 Å². The second-order valence-corrected chi connectivity index (χ2v) is 9.89. The minimum Gasteiger partial charge on any atom is -0.395 e. The van der Waals surface area contributed by atoms with Gasteiger partial charge in [-0.25, -0.2) is 14.3 Å². The molecule has 5 rings (SSSR count). The fraction of sp³-hybridized carbons (Fsp3) is 0.310. The Balaban J connectivity index is 1.44. The van der Waals surface area contributed by atoms with Gasteiger partial charge in [0.2, 0.25) is 5.95 Å². The van der Waals surface area contributed by atoms with Crippen LogP contribution in [0.5, 0.6) is 0 Å². The van der Waals surface area contributed by atoms with Crippen LogP contribution in [0.3, 0.4) is 0 Å². The summed E-state index contributed by atoms with van der Waals surface area (Å²) in [5, 5.41) is 12.8. The first-order valence-corrected chi connectivity index (χ1v) is 13.3. The molecule has 2 aromatic heterocycles. The number of β-amino-alcohol motifs (C(OH)–C–C–N with tert-alkyl or cyclic N) is 1. The van der Waals surface area contributed by atoms with Crippen molar-refractivity contribution < 1.29 is 9.90 Å². The molecule has 2 aromatic carbocycles. The highest BCUT2D eigenvalue weighted by atomic mass is 16.3. The summed E-state index contributed by atoms with van der Waals surface area (Å²) >= 11 is 0. The van der Waals surface area contributed by atoms with E-state index in [1.54, 1.807) is 43.1 Å². The lowest BCUT2D eigenvalue weighted by atomic mass is 10.2. The number of aromatic nitrogens is 4. The lowest BCUT2D eigenvalue weighted by Crippen LogP contribution is -2.47. The van der Waals surface area contributed by atoms with Crippen molar-refractivity contribution in [3.8, 4) is 5.69 Å². The number of carbonyl (C=O) groups excluding carboxylic acids is 1. The van der Waals surface area contributed by atoms with Gasteiger partial charge in [-0.2, -0.15) is 4.98 Å². The first-order valence-electron chi connectivity index (χ1n) is 13.3. The molecular formula is C29H34N8O3. The van der Waals surface area contributed by atoms with Crippen molar-refractivity contribution in [3.05, 3.63) is 83.3 Å². The van der Waals surface area contributed by atoms with Crippen LogP contribution < -0.4 is 15.8 Å². The number of piperazine rings is 1. The highest BCUT2D eigenvalue weighted by Gasteiger charge is 2.19. The number of fused-ring (bicyclic) bond motifs is 1. The molecule has 1 amide bonds. The van der Waals surface area contributed by atoms with Crippen molar-refractivity contribution >= 4 is 34.3 Å². The highest BCUT2D eigenvalue weighted by Crippen LogP contribution is 2.23. The lowest BCUT2D eigenvalue weighted by molar-refractivity contribution is 0.0827. The Bertz CT molecular complexity index is 1570. The third-order valence-corrected chi connectivity index (χ3v) is 7.00. The van der Waals surface area contributed by atoms with Gasteiger partial charge < -0.3 is 20.2 Å². The highest BCUT2D eigenvalue weighted by molar-refractivity contribution is 5.94. The SMILES string of the molecule is C=CCn1c(=O)c2cnc(Nc3ccc(N4CCN(CCO)CC4)cc3)nc2n1-c1cccc(C(=O)N(C)C)c1. The molecule has 40 heavy (non-hydrogen) atoms. The molecule has 0 radical (unpaired) electrons. The maximum atomic E-state index is 13.3. The van der Waals surface area contributed by atoms with Crippen molar-refractivity contribution in [1.82, 2.24) is 29.1 Å². The molecule has 0 atom stereocenters. The number of hydrogen-bond donors (Lipinski definition) is 2. The molecule has 11 heteroatoms. The molecule has 4 aromatic rings. The van der Waals surface area contributed by atoms with E-state index < -0.39 is 0 Å². The molecule has 0 spiro atoms. The van der Waals surface area contributed by atoms with E-state index in [0.717, 1.165) is 37.6 Å². The van der Waals surface area contributed by atoms with Crippen LogP contribution in [0.4, 0.5) is 17.3 Å². The molecule has 11 nitrogen and oxygen atoms in total. The molecule has 0 unspecified atom stereocenters. The van der Waals surface area contributed by atoms with Crippen molar-refractivity contribution in [2.45, 2.75) is 6.54 Å². The first-order chi connectivity index (χ1) is 19.4. The third kappa shape index (κ3) is 5.47. The van der Waals surface area contributed by atoms with E-state index in [4.69, 9.17) is 10.1 Å². The number of aliphatic hydroxyl groups is 1. The largest absolute Gasteiger partial charge is 0.395 e. The molecule has 1 saturated heterocycles. The van der Waals surface area contributed by atoms with Gasteiger partial charge in [-0.3, -0.25) is 14.5 Å². The predicted molar refractivity (Wildman–Crippen MR) is 157 cm³/mol. The molecular weight excluding hydrogens is 508 g/mol. The Morgan fingerprint density at radius 3 is 2.52 bits per heavy atom. The van der Waals surface area contributed by atoms with Gasteiger partial charge in [0.25, 0.3) is 11.5 Å². The predicted octanol–water partition coefficient (Wildman–Crippen LogP) is 2.33. The topological polar surface area (TPSA) is 112 Å². The number of anilines is 3. The quantitative estimate of drug-likeness (QED) is 0.310. The average Bonchev–Trinajstić information content (AvgIpc) is 3.24. The number of nitrogens with zero attached hydrogens (tertiary/aromatic N) is 7. The maximum absolute atomic E-state index is 13.3. The van der Waals surface area contributed by atoms with Crippen molar-refractivity contribution in [1.29, 1.82) is 0 Å². The van der Waals surface area contributed by atoms with Gasteiger partial charge in [0.1, 0.15) is 5.39 Å². The van der Waals surface area contributed by atoms with Gasteiger partial charge in [0, 0.05) is 70.0 Å². The smallest absolute Gasteiger partial charge is 0.278 e. The van der Waals surface area contributed by atoms with Crippen LogP contribution in [-0.4, -0.2) is 93.6 Å². The summed E-state index contributed by atoms with van der Waals surface area (Å²) in [7, 11) is 3.40. The second-order valence-electron chi connectivity index (χ2n) is 9.89. The Labute approximate surface area is 232 Å². The molecule has 1 fully saturated rings. The Hall–Kier alpha value is -4.48. The standard InChI is InChI=1S/C29H34N8O3/c1-4-12-36-28(40)25-20-30-29(32-26(25)37(36)24-7-5-6-21(19-24)27(39)33(2)3)31-22-8-10-23(11-9-22)35-15-13-34(14-16-35)17-18-38/h4-11,19-20,38H,1,12-18H2,2-3H3,(H,30,31,32).